The first-order chi connectivity index (χ1) is 12.7. The minimum absolute atomic E-state index is 0.191. The summed E-state index contributed by atoms with van der Waals surface area (Å²) in [4.78, 5) is 19.1. The number of nitrogens with one attached hydrogen (secondary N) is 1. The first-order valence-electron chi connectivity index (χ1n) is 8.91. The van der Waals surface area contributed by atoms with E-state index in [-0.39, 0.29) is 11.9 Å². The molecule has 26 heavy (non-hydrogen) atoms. The molecule has 6 heteroatoms. The van der Waals surface area contributed by atoms with Crippen molar-refractivity contribution in [2.75, 3.05) is 26.2 Å². The Morgan fingerprint density at radius 3 is 3.00 bits per heavy atom. The van der Waals surface area contributed by atoms with Crippen LogP contribution in [0.3, 0.4) is 0 Å². The molecular formula is C20H22N4O2. The van der Waals surface area contributed by atoms with E-state index in [0.717, 1.165) is 40.7 Å². The molecule has 0 amide bonds. The van der Waals surface area contributed by atoms with Crippen LogP contribution >= 0.6 is 0 Å². The normalized spacial score (nSPS) is 18.3. The second-order valence-electron chi connectivity index (χ2n) is 6.86. The van der Waals surface area contributed by atoms with Crippen LogP contribution in [-0.4, -0.2) is 58.2 Å². The number of ether oxygens (including phenoxy) is 1. The average molecular weight is 350 g/mol. The Kier molecular flexibility index (Phi) is 4.77. The number of aromatic amines is 1. The Morgan fingerprint density at radius 1 is 1.27 bits per heavy atom. The molecule has 1 aromatic carbocycles. The van der Waals surface area contributed by atoms with Gasteiger partial charge in [0.15, 0.2) is 5.78 Å². The molecule has 0 unspecified atom stereocenters. The number of rotatable bonds is 5. The van der Waals surface area contributed by atoms with Crippen molar-refractivity contribution in [1.29, 1.82) is 0 Å². The van der Waals surface area contributed by atoms with Gasteiger partial charge in [0.1, 0.15) is 0 Å². The minimum Gasteiger partial charge on any atom is -0.376 e. The highest BCUT2D eigenvalue weighted by molar-refractivity contribution is 5.88. The van der Waals surface area contributed by atoms with Crippen LogP contribution in [0, 0.1) is 0 Å². The highest BCUT2D eigenvalue weighted by Gasteiger charge is 2.19. The molecule has 1 aliphatic heterocycles. The molecule has 1 N–H and O–H groups in total. The van der Waals surface area contributed by atoms with Gasteiger partial charge in [-0.15, -0.1) is 0 Å². The van der Waals surface area contributed by atoms with Gasteiger partial charge in [-0.05, 0) is 30.0 Å². The van der Waals surface area contributed by atoms with E-state index in [4.69, 9.17) is 4.74 Å². The summed E-state index contributed by atoms with van der Waals surface area (Å²) in [7, 11) is 0. The maximum Gasteiger partial charge on any atom is 0.152 e. The number of nitrogens with zero attached hydrogens (tertiary/aromatic N) is 3. The molecule has 0 bridgehead atoms. The Balaban J connectivity index is 1.48. The van der Waals surface area contributed by atoms with Gasteiger partial charge in [-0.25, -0.2) is 0 Å². The summed E-state index contributed by atoms with van der Waals surface area (Å²) in [6.07, 6.45) is 6.06. The van der Waals surface area contributed by atoms with E-state index in [1.54, 1.807) is 6.20 Å². The van der Waals surface area contributed by atoms with Gasteiger partial charge in [0.25, 0.3) is 0 Å². The van der Waals surface area contributed by atoms with Crippen molar-refractivity contribution in [3.05, 3.63) is 48.5 Å². The molecule has 1 fully saturated rings. The topological polar surface area (TPSA) is 71.1 Å². The van der Waals surface area contributed by atoms with Crippen LogP contribution < -0.4 is 0 Å². The fourth-order valence-electron chi connectivity index (χ4n) is 3.41. The van der Waals surface area contributed by atoms with Crippen LogP contribution in [-0.2, 0) is 16.0 Å². The number of carbonyl (C=O) groups excluding carboxylic acids is 1. The van der Waals surface area contributed by atoms with Crippen molar-refractivity contribution in [3.8, 4) is 11.1 Å². The maximum atomic E-state index is 12.4. The van der Waals surface area contributed by atoms with E-state index >= 15 is 0 Å². The van der Waals surface area contributed by atoms with Crippen LogP contribution in [0.15, 0.2) is 42.9 Å². The van der Waals surface area contributed by atoms with Gasteiger partial charge >= 0.3 is 0 Å². The van der Waals surface area contributed by atoms with Gasteiger partial charge in [-0.1, -0.05) is 12.1 Å². The standard InChI is InChI=1S/C20H22N4O2/c1-14-12-24(4-5-26-14)13-20(25)8-19-7-17-6-15(18-10-22-23-11-18)2-3-16(17)9-21-19/h2-3,6-7,9-11,14H,4-5,8,12-13H2,1H3,(H,22,23)/t14-/m0/s1. The molecule has 0 spiro atoms. The summed E-state index contributed by atoms with van der Waals surface area (Å²) in [6, 6.07) is 8.23. The first-order valence-corrected chi connectivity index (χ1v) is 8.91. The number of pyridine rings is 1. The number of aromatic nitrogens is 3. The van der Waals surface area contributed by atoms with Gasteiger partial charge in [0.05, 0.1) is 31.9 Å². The lowest BCUT2D eigenvalue weighted by atomic mass is 10.0. The molecule has 4 rings (SSSR count). The summed E-state index contributed by atoms with van der Waals surface area (Å²) >= 11 is 0. The van der Waals surface area contributed by atoms with Gasteiger partial charge in [0.2, 0.25) is 0 Å². The molecule has 1 atom stereocenters. The number of H-pyrrole nitrogens is 1. The number of Topliss-reactive ketones (excluding diaryl/α,β-unsaturated/α-hetero) is 1. The molecule has 1 saturated heterocycles. The van der Waals surface area contributed by atoms with Crippen LogP contribution in [0.5, 0.6) is 0 Å². The highest BCUT2D eigenvalue weighted by atomic mass is 16.5. The zero-order valence-corrected chi connectivity index (χ0v) is 14.8. The number of hydrogen-bond donors (Lipinski definition) is 1. The molecule has 134 valence electrons. The smallest absolute Gasteiger partial charge is 0.152 e. The summed E-state index contributed by atoms with van der Waals surface area (Å²) < 4.78 is 5.53. The van der Waals surface area contributed by atoms with Crippen LogP contribution in [0.2, 0.25) is 0 Å². The number of carbonyl (C=O) groups is 1. The molecule has 3 heterocycles. The Hall–Kier alpha value is -2.57. The van der Waals surface area contributed by atoms with E-state index in [1.807, 2.05) is 31.5 Å². The van der Waals surface area contributed by atoms with Crippen molar-refractivity contribution in [3.63, 3.8) is 0 Å². The number of fused-ring (bicyclic) bond motifs is 1. The third-order valence-corrected chi connectivity index (χ3v) is 4.71. The lowest BCUT2D eigenvalue weighted by molar-refractivity contribution is -0.121. The number of morpholine rings is 1. The highest BCUT2D eigenvalue weighted by Crippen LogP contribution is 2.23. The third kappa shape index (κ3) is 3.81. The minimum atomic E-state index is 0.191. The molecule has 2 aromatic heterocycles. The summed E-state index contributed by atoms with van der Waals surface area (Å²) in [5, 5.41) is 8.99. The molecule has 1 aliphatic rings. The van der Waals surface area contributed by atoms with Crippen LogP contribution in [0.1, 0.15) is 12.6 Å². The first kappa shape index (κ1) is 16.9. The maximum absolute atomic E-state index is 12.4. The molecule has 0 saturated carbocycles. The molecule has 6 nitrogen and oxygen atoms in total. The van der Waals surface area contributed by atoms with Gasteiger partial charge in [-0.3, -0.25) is 19.8 Å². The van der Waals surface area contributed by atoms with Crippen LogP contribution in [0.4, 0.5) is 0 Å². The van der Waals surface area contributed by atoms with E-state index in [1.165, 1.54) is 0 Å². The van der Waals surface area contributed by atoms with Crippen molar-refractivity contribution in [1.82, 2.24) is 20.1 Å². The predicted molar refractivity (Wildman–Crippen MR) is 99.9 cm³/mol. The second kappa shape index (κ2) is 7.35. The Morgan fingerprint density at radius 2 is 2.19 bits per heavy atom. The zero-order valence-electron chi connectivity index (χ0n) is 14.8. The monoisotopic (exact) mass is 350 g/mol. The molecule has 3 aromatic rings. The quantitative estimate of drug-likeness (QED) is 0.765. The van der Waals surface area contributed by atoms with Crippen LogP contribution in [0.25, 0.3) is 21.9 Å². The fraction of sp³-hybridized carbons (Fsp3) is 0.350. The van der Waals surface area contributed by atoms with Gasteiger partial charge in [-0.2, -0.15) is 5.10 Å². The van der Waals surface area contributed by atoms with E-state index in [0.29, 0.717) is 19.6 Å². The lowest BCUT2D eigenvalue weighted by Crippen LogP contribution is -2.43. The van der Waals surface area contributed by atoms with Gasteiger partial charge < -0.3 is 4.74 Å². The van der Waals surface area contributed by atoms with Crippen molar-refractivity contribution in [2.45, 2.75) is 19.4 Å². The summed E-state index contributed by atoms with van der Waals surface area (Å²) in [5.41, 5.74) is 2.95. The summed E-state index contributed by atoms with van der Waals surface area (Å²) in [6.45, 7) is 4.82. The van der Waals surface area contributed by atoms with E-state index < -0.39 is 0 Å². The zero-order chi connectivity index (χ0) is 17.9. The Bertz CT molecular complexity index is 907. The SMILES string of the molecule is C[C@H]1CN(CC(=O)Cc2cc3cc(-c4cn[nH]c4)ccc3cn2)CCO1. The summed E-state index contributed by atoms with van der Waals surface area (Å²) in [5.74, 6) is 0.192. The molecular weight excluding hydrogens is 328 g/mol. The average Bonchev–Trinajstić information content (AvgIpc) is 3.15. The number of hydrogen-bond acceptors (Lipinski definition) is 5. The fourth-order valence-corrected chi connectivity index (χ4v) is 3.41. The molecule has 0 radical (unpaired) electrons. The molecule has 0 aliphatic carbocycles. The lowest BCUT2D eigenvalue weighted by Gasteiger charge is -2.30. The van der Waals surface area contributed by atoms with E-state index in [2.05, 4.69) is 32.2 Å². The predicted octanol–water partition coefficient (Wildman–Crippen LogP) is 2.46. The number of ketones is 1. The van der Waals surface area contributed by atoms with Crippen molar-refractivity contribution >= 4 is 16.6 Å². The van der Waals surface area contributed by atoms with Crippen molar-refractivity contribution < 1.29 is 9.53 Å². The van der Waals surface area contributed by atoms with Gasteiger partial charge in [0, 0.05) is 42.1 Å². The Labute approximate surface area is 152 Å². The second-order valence-corrected chi connectivity index (χ2v) is 6.86. The number of benzene rings is 1. The van der Waals surface area contributed by atoms with E-state index in [9.17, 15) is 4.79 Å². The largest absolute Gasteiger partial charge is 0.376 e. The third-order valence-electron chi connectivity index (χ3n) is 4.71. The van der Waals surface area contributed by atoms with Crippen molar-refractivity contribution in [2.24, 2.45) is 0 Å².